The minimum absolute atomic E-state index is 0. The molecule has 0 saturated heterocycles. The highest BCUT2D eigenvalue weighted by Crippen LogP contribution is 2.23. The van der Waals surface area contributed by atoms with Gasteiger partial charge in [-0.2, -0.15) is 0 Å². The number of aromatic nitrogens is 2. The van der Waals surface area contributed by atoms with Gasteiger partial charge in [0.2, 0.25) is 0 Å². The van der Waals surface area contributed by atoms with Crippen molar-refractivity contribution >= 4 is 5.97 Å². The molecule has 0 aliphatic heterocycles. The number of rotatable bonds is 20. The third-order valence-corrected chi connectivity index (χ3v) is 5.77. The van der Waals surface area contributed by atoms with Crippen molar-refractivity contribution in [2.45, 2.75) is 129 Å². The Morgan fingerprint density at radius 3 is 1.97 bits per heavy atom. The standard InChI is InChI=1S/C25H46N2O2.BrH/c1-3-5-7-14-17-24(27-21-20-26-23-27)18-15-12-10-8-9-11-13-16-19-25(28)29-22-6-4-2;/h20-21,23-24H,3-19,22H2,1-2H3;1H/p-1. The molecular formula is C25H46BrN2O2-. The summed E-state index contributed by atoms with van der Waals surface area (Å²) in [5.41, 5.74) is 0. The molecule has 176 valence electrons. The minimum Gasteiger partial charge on any atom is -1.00 e. The molecule has 0 spiro atoms. The average Bonchev–Trinajstić information content (AvgIpc) is 3.25. The van der Waals surface area contributed by atoms with E-state index in [0.29, 0.717) is 19.1 Å². The van der Waals surface area contributed by atoms with Gasteiger partial charge in [-0.3, -0.25) is 4.79 Å². The summed E-state index contributed by atoms with van der Waals surface area (Å²) >= 11 is 0. The van der Waals surface area contributed by atoms with Gasteiger partial charge >= 0.3 is 5.97 Å². The van der Waals surface area contributed by atoms with E-state index < -0.39 is 0 Å². The van der Waals surface area contributed by atoms with Crippen molar-refractivity contribution in [1.82, 2.24) is 9.55 Å². The van der Waals surface area contributed by atoms with Crippen molar-refractivity contribution in [3.63, 3.8) is 0 Å². The molecule has 0 aromatic carbocycles. The van der Waals surface area contributed by atoms with Crippen molar-refractivity contribution in [1.29, 1.82) is 0 Å². The monoisotopic (exact) mass is 485 g/mol. The van der Waals surface area contributed by atoms with Crippen LogP contribution in [0.2, 0.25) is 0 Å². The number of imidazole rings is 1. The van der Waals surface area contributed by atoms with Crippen molar-refractivity contribution in [2.24, 2.45) is 0 Å². The second kappa shape index (κ2) is 21.4. The lowest BCUT2D eigenvalue weighted by Gasteiger charge is -2.18. The fourth-order valence-electron chi connectivity index (χ4n) is 3.85. The molecule has 1 aromatic rings. The average molecular weight is 487 g/mol. The molecule has 0 N–H and O–H groups in total. The SMILES string of the molecule is CCCCCCC(CCCCCCCCCCC(=O)OCCCC)n1ccnc1.[Br-]. The Morgan fingerprint density at radius 2 is 1.40 bits per heavy atom. The first-order chi connectivity index (χ1) is 14.3. The molecule has 0 fully saturated rings. The van der Waals surface area contributed by atoms with E-state index in [4.69, 9.17) is 4.74 Å². The third kappa shape index (κ3) is 15.9. The summed E-state index contributed by atoms with van der Waals surface area (Å²) in [6.07, 6.45) is 26.6. The van der Waals surface area contributed by atoms with Gasteiger partial charge in [-0.05, 0) is 25.7 Å². The highest BCUT2D eigenvalue weighted by atomic mass is 79.9. The van der Waals surface area contributed by atoms with Crippen LogP contribution in [-0.2, 0) is 9.53 Å². The first kappa shape index (κ1) is 29.2. The zero-order valence-corrected chi connectivity index (χ0v) is 21.2. The van der Waals surface area contributed by atoms with Crippen molar-refractivity contribution in [2.75, 3.05) is 6.61 Å². The van der Waals surface area contributed by atoms with E-state index >= 15 is 0 Å². The molecule has 0 bridgehead atoms. The lowest BCUT2D eigenvalue weighted by Crippen LogP contribution is -3.00. The van der Waals surface area contributed by atoms with Crippen LogP contribution in [0.25, 0.3) is 0 Å². The first-order valence-corrected chi connectivity index (χ1v) is 12.4. The van der Waals surface area contributed by atoms with E-state index in [2.05, 4.69) is 29.6 Å². The second-order valence-electron chi connectivity index (χ2n) is 8.45. The summed E-state index contributed by atoms with van der Waals surface area (Å²) in [4.78, 5) is 15.8. The molecule has 0 saturated carbocycles. The molecule has 1 unspecified atom stereocenters. The second-order valence-corrected chi connectivity index (χ2v) is 8.45. The zero-order chi connectivity index (χ0) is 21.0. The predicted octanol–water partition coefficient (Wildman–Crippen LogP) is 4.64. The summed E-state index contributed by atoms with van der Waals surface area (Å²) in [6.45, 7) is 4.98. The number of nitrogens with zero attached hydrogens (tertiary/aromatic N) is 2. The summed E-state index contributed by atoms with van der Waals surface area (Å²) < 4.78 is 7.51. The predicted molar refractivity (Wildman–Crippen MR) is 122 cm³/mol. The van der Waals surface area contributed by atoms with E-state index in [-0.39, 0.29) is 23.0 Å². The zero-order valence-electron chi connectivity index (χ0n) is 19.6. The van der Waals surface area contributed by atoms with Gasteiger partial charge in [0, 0.05) is 24.9 Å². The van der Waals surface area contributed by atoms with E-state index in [1.165, 1.54) is 77.0 Å². The maximum absolute atomic E-state index is 11.5. The molecule has 0 radical (unpaired) electrons. The molecule has 0 aliphatic carbocycles. The van der Waals surface area contributed by atoms with Crippen molar-refractivity contribution in [3.05, 3.63) is 18.7 Å². The van der Waals surface area contributed by atoms with Gasteiger partial charge in [-0.15, -0.1) is 0 Å². The van der Waals surface area contributed by atoms with Crippen LogP contribution < -0.4 is 17.0 Å². The molecule has 1 rings (SSSR count). The summed E-state index contributed by atoms with van der Waals surface area (Å²) in [5.74, 6) is -0.0133. The Kier molecular flexibility index (Phi) is 20.8. The normalized spacial score (nSPS) is 11.8. The Labute approximate surface area is 196 Å². The Morgan fingerprint density at radius 1 is 0.833 bits per heavy atom. The summed E-state index contributed by atoms with van der Waals surface area (Å²) in [7, 11) is 0. The first-order valence-electron chi connectivity index (χ1n) is 12.4. The van der Waals surface area contributed by atoms with Crippen LogP contribution >= 0.6 is 0 Å². The number of carbonyl (C=O) groups is 1. The molecule has 1 atom stereocenters. The molecular weight excluding hydrogens is 440 g/mol. The molecule has 30 heavy (non-hydrogen) atoms. The Balaban J connectivity index is 0.00000841. The Hall–Kier alpha value is -0.840. The van der Waals surface area contributed by atoms with E-state index in [0.717, 1.165) is 25.7 Å². The summed E-state index contributed by atoms with van der Waals surface area (Å²) in [5, 5.41) is 0. The van der Waals surface area contributed by atoms with E-state index in [1.54, 1.807) is 0 Å². The van der Waals surface area contributed by atoms with Crippen LogP contribution in [0.5, 0.6) is 0 Å². The minimum atomic E-state index is -0.0133. The van der Waals surface area contributed by atoms with Crippen molar-refractivity contribution in [3.8, 4) is 0 Å². The van der Waals surface area contributed by atoms with Gasteiger partial charge in [-0.1, -0.05) is 90.9 Å². The van der Waals surface area contributed by atoms with E-state index in [9.17, 15) is 4.79 Å². The molecule has 5 heteroatoms. The fourth-order valence-corrected chi connectivity index (χ4v) is 3.85. The van der Waals surface area contributed by atoms with Gasteiger partial charge in [-0.25, -0.2) is 4.98 Å². The highest BCUT2D eigenvalue weighted by molar-refractivity contribution is 5.69. The quantitative estimate of drug-likeness (QED) is 0.199. The van der Waals surface area contributed by atoms with Gasteiger partial charge in [0.15, 0.2) is 0 Å². The third-order valence-electron chi connectivity index (χ3n) is 5.77. The number of carbonyl (C=O) groups excluding carboxylic acids is 1. The largest absolute Gasteiger partial charge is 1.00 e. The van der Waals surface area contributed by atoms with Gasteiger partial charge in [0.25, 0.3) is 0 Å². The lowest BCUT2D eigenvalue weighted by molar-refractivity contribution is -0.143. The van der Waals surface area contributed by atoms with Gasteiger partial charge in [0.1, 0.15) is 0 Å². The van der Waals surface area contributed by atoms with Crippen LogP contribution in [-0.4, -0.2) is 22.1 Å². The number of unbranched alkanes of at least 4 members (excludes halogenated alkanes) is 11. The smallest absolute Gasteiger partial charge is 0.305 e. The number of hydrogen-bond acceptors (Lipinski definition) is 3. The van der Waals surface area contributed by atoms with Crippen LogP contribution in [0.1, 0.15) is 129 Å². The molecule has 1 aromatic heterocycles. The van der Waals surface area contributed by atoms with Crippen molar-refractivity contribution < 1.29 is 26.5 Å². The van der Waals surface area contributed by atoms with Crippen LogP contribution in [0, 0.1) is 0 Å². The van der Waals surface area contributed by atoms with Crippen LogP contribution in [0.3, 0.4) is 0 Å². The van der Waals surface area contributed by atoms with E-state index in [1.807, 2.05) is 12.5 Å². The Bertz CT molecular complexity index is 480. The maximum atomic E-state index is 11.5. The van der Waals surface area contributed by atoms with Crippen LogP contribution in [0.4, 0.5) is 0 Å². The molecule has 1 heterocycles. The number of hydrogen-bond donors (Lipinski definition) is 0. The van der Waals surface area contributed by atoms with Gasteiger partial charge in [0.05, 0.1) is 12.9 Å². The van der Waals surface area contributed by atoms with Crippen LogP contribution in [0.15, 0.2) is 18.7 Å². The number of esters is 1. The fraction of sp³-hybridized carbons (Fsp3) is 0.840. The number of ether oxygens (including phenoxy) is 1. The van der Waals surface area contributed by atoms with Gasteiger partial charge < -0.3 is 26.3 Å². The molecule has 0 aliphatic rings. The maximum Gasteiger partial charge on any atom is 0.305 e. The molecule has 4 nitrogen and oxygen atoms in total. The lowest BCUT2D eigenvalue weighted by atomic mass is 10.00. The highest BCUT2D eigenvalue weighted by Gasteiger charge is 2.10. The topological polar surface area (TPSA) is 44.1 Å². The number of halogens is 1. The molecule has 0 amide bonds. The summed E-state index contributed by atoms with van der Waals surface area (Å²) in [6, 6.07) is 0.631.